The summed E-state index contributed by atoms with van der Waals surface area (Å²) in [4.78, 5) is 12.2. The number of carbonyl (C=O) groups excluding carboxylic acids is 1. The topological polar surface area (TPSA) is 48.0 Å². The minimum atomic E-state index is -0.413. The number of nitrogens with two attached hydrogens (primary N) is 1. The first-order valence-electron chi connectivity index (χ1n) is 10.7. The summed E-state index contributed by atoms with van der Waals surface area (Å²) in [6, 6.07) is 28.7. The molecule has 0 aliphatic carbocycles. The van der Waals surface area contributed by atoms with Crippen molar-refractivity contribution in [1.82, 2.24) is 4.57 Å². The number of aryl methyl sites for hydroxylation is 1. The molecule has 0 saturated carbocycles. The molecule has 0 bridgehead atoms. The zero-order valence-electron chi connectivity index (χ0n) is 17.8. The molecule has 5 aromatic rings. The van der Waals surface area contributed by atoms with Gasteiger partial charge in [-0.05, 0) is 59.0 Å². The molecular weight excluding hydrogens is 416 g/mol. The zero-order valence-corrected chi connectivity index (χ0v) is 18.6. The highest BCUT2D eigenvalue weighted by Crippen LogP contribution is 2.35. The Morgan fingerprint density at radius 3 is 2.22 bits per heavy atom. The number of nitrogens with zero attached hydrogens (tertiary/aromatic N) is 1. The van der Waals surface area contributed by atoms with Crippen molar-refractivity contribution in [2.75, 3.05) is 0 Å². The van der Waals surface area contributed by atoms with Crippen LogP contribution in [0.2, 0.25) is 5.02 Å². The highest BCUT2D eigenvalue weighted by molar-refractivity contribution is 6.30. The SMILES string of the molecule is CCc1ccc(Cn2c3cc(-c4ccc(Cl)cc4)ccc3c3c(C(N)=O)cccc32)cc1. The number of halogens is 1. The van der Waals surface area contributed by atoms with E-state index in [-0.39, 0.29) is 0 Å². The van der Waals surface area contributed by atoms with Crippen molar-refractivity contribution in [2.24, 2.45) is 5.73 Å². The number of fused-ring (bicyclic) bond motifs is 3. The van der Waals surface area contributed by atoms with Crippen molar-refractivity contribution in [2.45, 2.75) is 19.9 Å². The van der Waals surface area contributed by atoms with Gasteiger partial charge in [0.1, 0.15) is 0 Å². The molecule has 5 rings (SSSR count). The van der Waals surface area contributed by atoms with Crippen LogP contribution in [0.3, 0.4) is 0 Å². The lowest BCUT2D eigenvalue weighted by Crippen LogP contribution is -2.11. The molecule has 4 aromatic carbocycles. The number of benzene rings is 4. The van der Waals surface area contributed by atoms with E-state index in [1.54, 1.807) is 6.07 Å². The molecule has 0 atom stereocenters. The average molecular weight is 439 g/mol. The van der Waals surface area contributed by atoms with E-state index < -0.39 is 5.91 Å². The molecular formula is C28H23ClN2O. The second kappa shape index (κ2) is 8.18. The van der Waals surface area contributed by atoms with Crippen LogP contribution in [0.5, 0.6) is 0 Å². The first-order valence-corrected chi connectivity index (χ1v) is 11.1. The number of rotatable bonds is 5. The predicted octanol–water partition coefficient (Wildman–Crippen LogP) is 6.82. The molecule has 1 amide bonds. The van der Waals surface area contributed by atoms with Crippen LogP contribution in [0.25, 0.3) is 32.9 Å². The van der Waals surface area contributed by atoms with Gasteiger partial charge in [0.25, 0.3) is 0 Å². The normalized spacial score (nSPS) is 11.3. The molecule has 0 unspecified atom stereocenters. The number of aromatic nitrogens is 1. The molecule has 0 saturated heterocycles. The van der Waals surface area contributed by atoms with Crippen LogP contribution in [0, 0.1) is 0 Å². The van der Waals surface area contributed by atoms with E-state index in [2.05, 4.69) is 60.0 Å². The number of hydrogen-bond donors (Lipinski definition) is 1. The molecule has 0 radical (unpaired) electrons. The summed E-state index contributed by atoms with van der Waals surface area (Å²) >= 11 is 6.08. The molecule has 0 aliphatic heterocycles. The maximum Gasteiger partial charge on any atom is 0.249 e. The second-order valence-corrected chi connectivity index (χ2v) is 8.50. The van der Waals surface area contributed by atoms with Gasteiger partial charge in [0, 0.05) is 27.9 Å². The fourth-order valence-corrected chi connectivity index (χ4v) is 4.53. The van der Waals surface area contributed by atoms with Crippen LogP contribution >= 0.6 is 11.6 Å². The molecule has 0 fully saturated rings. The molecule has 1 heterocycles. The Kier molecular flexibility index (Phi) is 5.20. The summed E-state index contributed by atoms with van der Waals surface area (Å²) in [5.74, 6) is -0.413. The van der Waals surface area contributed by atoms with Crippen molar-refractivity contribution in [3.8, 4) is 11.1 Å². The maximum atomic E-state index is 12.2. The third-order valence-electron chi connectivity index (χ3n) is 6.11. The van der Waals surface area contributed by atoms with Crippen LogP contribution in [-0.4, -0.2) is 10.5 Å². The quantitative estimate of drug-likeness (QED) is 0.321. The molecule has 0 spiro atoms. The largest absolute Gasteiger partial charge is 0.366 e. The van der Waals surface area contributed by atoms with Crippen LogP contribution in [0.15, 0.2) is 84.9 Å². The number of primary amides is 1. The Hall–Kier alpha value is -3.56. The minimum absolute atomic E-state index is 0.413. The Balaban J connectivity index is 1.75. The van der Waals surface area contributed by atoms with Gasteiger partial charge in [-0.25, -0.2) is 0 Å². The summed E-state index contributed by atoms with van der Waals surface area (Å²) in [6.07, 6.45) is 1.02. The Morgan fingerprint density at radius 1 is 0.844 bits per heavy atom. The molecule has 1 aromatic heterocycles. The van der Waals surface area contributed by atoms with Crippen molar-refractivity contribution >= 4 is 39.3 Å². The van der Waals surface area contributed by atoms with Crippen LogP contribution in [-0.2, 0) is 13.0 Å². The van der Waals surface area contributed by atoms with E-state index >= 15 is 0 Å². The second-order valence-electron chi connectivity index (χ2n) is 8.06. The van der Waals surface area contributed by atoms with E-state index in [1.165, 1.54) is 11.1 Å². The molecule has 0 aliphatic rings. The van der Waals surface area contributed by atoms with Gasteiger partial charge in [0.05, 0.1) is 11.0 Å². The van der Waals surface area contributed by atoms with E-state index in [1.807, 2.05) is 30.3 Å². The number of carbonyl (C=O) groups is 1. The maximum absolute atomic E-state index is 12.2. The van der Waals surface area contributed by atoms with Gasteiger partial charge in [-0.3, -0.25) is 4.79 Å². The van der Waals surface area contributed by atoms with Gasteiger partial charge in [-0.15, -0.1) is 0 Å². The lowest BCUT2D eigenvalue weighted by atomic mass is 10.0. The van der Waals surface area contributed by atoms with Gasteiger partial charge in [-0.1, -0.05) is 73.1 Å². The van der Waals surface area contributed by atoms with Gasteiger partial charge in [-0.2, -0.15) is 0 Å². The number of hydrogen-bond acceptors (Lipinski definition) is 1. The predicted molar refractivity (Wildman–Crippen MR) is 133 cm³/mol. The monoisotopic (exact) mass is 438 g/mol. The standard InChI is InChI=1S/C28H23ClN2O/c1-2-18-6-8-19(9-7-18)17-31-25-5-3-4-24(28(30)32)27(25)23-15-12-21(16-26(23)31)20-10-13-22(29)14-11-20/h3-16H,2,17H2,1H3,(H2,30,32). The Labute approximate surface area is 192 Å². The van der Waals surface area contributed by atoms with Crippen LogP contribution < -0.4 is 5.73 Å². The minimum Gasteiger partial charge on any atom is -0.366 e. The Morgan fingerprint density at radius 2 is 1.53 bits per heavy atom. The fraction of sp³-hybridized carbons (Fsp3) is 0.107. The van der Waals surface area contributed by atoms with E-state index in [4.69, 9.17) is 17.3 Å². The van der Waals surface area contributed by atoms with Crippen molar-refractivity contribution < 1.29 is 4.79 Å². The molecule has 32 heavy (non-hydrogen) atoms. The molecule has 3 nitrogen and oxygen atoms in total. The summed E-state index contributed by atoms with van der Waals surface area (Å²) < 4.78 is 2.28. The zero-order chi connectivity index (χ0) is 22.2. The van der Waals surface area contributed by atoms with Gasteiger partial charge in [0.15, 0.2) is 0 Å². The first-order chi connectivity index (χ1) is 15.5. The van der Waals surface area contributed by atoms with Gasteiger partial charge >= 0.3 is 0 Å². The lowest BCUT2D eigenvalue weighted by molar-refractivity contribution is 0.100. The van der Waals surface area contributed by atoms with Gasteiger partial charge < -0.3 is 10.3 Å². The van der Waals surface area contributed by atoms with E-state index in [9.17, 15) is 4.79 Å². The highest BCUT2D eigenvalue weighted by atomic mass is 35.5. The van der Waals surface area contributed by atoms with Crippen molar-refractivity contribution in [3.63, 3.8) is 0 Å². The third-order valence-corrected chi connectivity index (χ3v) is 6.36. The third kappa shape index (κ3) is 3.55. The molecule has 158 valence electrons. The smallest absolute Gasteiger partial charge is 0.249 e. The Bertz CT molecular complexity index is 1450. The highest BCUT2D eigenvalue weighted by Gasteiger charge is 2.17. The first kappa shape index (κ1) is 20.3. The molecule has 4 heteroatoms. The van der Waals surface area contributed by atoms with E-state index in [0.717, 1.165) is 39.4 Å². The van der Waals surface area contributed by atoms with Crippen LogP contribution in [0.4, 0.5) is 0 Å². The number of amides is 1. The molecule has 2 N–H and O–H groups in total. The summed E-state index contributed by atoms with van der Waals surface area (Å²) in [6.45, 7) is 2.86. The average Bonchev–Trinajstić information content (AvgIpc) is 3.13. The van der Waals surface area contributed by atoms with Gasteiger partial charge in [0.2, 0.25) is 5.91 Å². The van der Waals surface area contributed by atoms with E-state index in [0.29, 0.717) is 17.1 Å². The van der Waals surface area contributed by atoms with Crippen LogP contribution in [0.1, 0.15) is 28.4 Å². The fourth-order valence-electron chi connectivity index (χ4n) is 4.40. The van der Waals surface area contributed by atoms with Crippen molar-refractivity contribution in [1.29, 1.82) is 0 Å². The lowest BCUT2D eigenvalue weighted by Gasteiger charge is -2.10. The summed E-state index contributed by atoms with van der Waals surface area (Å²) in [5, 5.41) is 2.64. The summed E-state index contributed by atoms with van der Waals surface area (Å²) in [7, 11) is 0. The van der Waals surface area contributed by atoms with Crippen molar-refractivity contribution in [3.05, 3.63) is 107 Å². The summed E-state index contributed by atoms with van der Waals surface area (Å²) in [5.41, 5.74) is 13.1.